The minimum Gasteiger partial charge on any atom is -0.356 e. The molecule has 4 heteroatoms. The molecule has 0 radical (unpaired) electrons. The number of imidazole rings is 1. The Bertz CT molecular complexity index is 796. The second kappa shape index (κ2) is 6.40. The molecule has 0 aliphatic heterocycles. The highest BCUT2D eigenvalue weighted by molar-refractivity contribution is 5.79. The van der Waals surface area contributed by atoms with Crippen LogP contribution in [0.3, 0.4) is 0 Å². The molecule has 2 aromatic rings. The molecule has 4 aliphatic rings. The molecule has 4 saturated carbocycles. The first kappa shape index (κ1) is 16.3. The Morgan fingerprint density at radius 2 is 1.81 bits per heavy atom. The summed E-state index contributed by atoms with van der Waals surface area (Å²) in [5.41, 5.74) is 2.25. The molecule has 26 heavy (non-hydrogen) atoms. The Hall–Kier alpha value is -1.84. The summed E-state index contributed by atoms with van der Waals surface area (Å²) in [4.78, 5) is 17.5. The topological polar surface area (TPSA) is 46.9 Å². The van der Waals surface area contributed by atoms with Crippen molar-refractivity contribution in [2.24, 2.45) is 29.6 Å². The van der Waals surface area contributed by atoms with E-state index in [4.69, 9.17) is 0 Å². The fraction of sp³-hybridized carbons (Fsp3) is 0.636. The van der Waals surface area contributed by atoms with Gasteiger partial charge in [-0.3, -0.25) is 4.79 Å². The van der Waals surface area contributed by atoms with E-state index in [1.165, 1.54) is 37.6 Å². The lowest BCUT2D eigenvalue weighted by atomic mass is 9.51. The number of para-hydroxylation sites is 2. The number of hydrogen-bond acceptors (Lipinski definition) is 2. The lowest BCUT2D eigenvalue weighted by molar-refractivity contribution is -0.138. The summed E-state index contributed by atoms with van der Waals surface area (Å²) in [6, 6.07) is 8.29. The maximum Gasteiger partial charge on any atom is 0.223 e. The summed E-state index contributed by atoms with van der Waals surface area (Å²) in [5, 5.41) is 3.27. The highest BCUT2D eigenvalue weighted by Gasteiger charge is 2.50. The molecule has 0 unspecified atom stereocenters. The van der Waals surface area contributed by atoms with E-state index >= 15 is 0 Å². The van der Waals surface area contributed by atoms with Crippen LogP contribution in [0.2, 0.25) is 0 Å². The third-order valence-electron chi connectivity index (χ3n) is 7.23. The second-order valence-corrected chi connectivity index (χ2v) is 8.90. The van der Waals surface area contributed by atoms with Gasteiger partial charge in [0.15, 0.2) is 0 Å². The molecule has 6 rings (SSSR count). The average Bonchev–Trinajstić information content (AvgIpc) is 2.93. The van der Waals surface area contributed by atoms with Crippen molar-refractivity contribution in [3.8, 4) is 0 Å². The van der Waals surface area contributed by atoms with E-state index < -0.39 is 0 Å². The largest absolute Gasteiger partial charge is 0.356 e. The molecular weight excluding hydrogens is 322 g/mol. The molecule has 1 heterocycles. The van der Waals surface area contributed by atoms with E-state index in [-0.39, 0.29) is 0 Å². The van der Waals surface area contributed by atoms with Gasteiger partial charge in [0.05, 0.1) is 11.0 Å². The quantitative estimate of drug-likeness (QED) is 0.830. The molecular formula is C22H29N3O. The number of hydrogen-bond donors (Lipinski definition) is 1. The lowest BCUT2D eigenvalue weighted by Crippen LogP contribution is -2.51. The number of fused-ring (bicyclic) bond motifs is 1. The fourth-order valence-corrected chi connectivity index (χ4v) is 6.40. The van der Waals surface area contributed by atoms with E-state index in [0.717, 1.165) is 42.7 Å². The van der Waals surface area contributed by atoms with Crippen LogP contribution >= 0.6 is 0 Å². The summed E-state index contributed by atoms with van der Waals surface area (Å²) in [7, 11) is 0. The molecule has 1 aromatic heterocycles. The van der Waals surface area contributed by atoms with Gasteiger partial charge in [-0.25, -0.2) is 4.98 Å². The maximum absolute atomic E-state index is 12.8. The van der Waals surface area contributed by atoms with Crippen LogP contribution in [0.5, 0.6) is 0 Å². The van der Waals surface area contributed by atoms with Crippen LogP contribution in [0.4, 0.5) is 0 Å². The number of nitrogens with one attached hydrogen (secondary N) is 1. The van der Waals surface area contributed by atoms with Crippen molar-refractivity contribution in [3.05, 3.63) is 30.1 Å². The Morgan fingerprint density at radius 3 is 2.54 bits per heavy atom. The molecule has 0 atom stereocenters. The van der Waals surface area contributed by atoms with Crippen LogP contribution < -0.4 is 5.32 Å². The number of carbonyl (C=O) groups is 1. The van der Waals surface area contributed by atoms with Gasteiger partial charge in [0, 0.05) is 19.0 Å². The predicted octanol–water partition coefficient (Wildman–Crippen LogP) is 3.92. The van der Waals surface area contributed by atoms with Gasteiger partial charge in [-0.05, 0) is 81.3 Å². The number of rotatable bonds is 5. The van der Waals surface area contributed by atoms with Crippen LogP contribution in [0.1, 0.15) is 44.3 Å². The van der Waals surface area contributed by atoms with E-state index in [2.05, 4.69) is 40.0 Å². The number of carbonyl (C=O) groups excluding carboxylic acids is 1. The molecule has 1 amide bonds. The third kappa shape index (κ3) is 2.74. The molecule has 0 saturated heterocycles. The summed E-state index contributed by atoms with van der Waals surface area (Å²) >= 11 is 0. The summed E-state index contributed by atoms with van der Waals surface area (Å²) in [6.45, 7) is 3.75. The standard InChI is InChI=1S/C22H29N3O/c1-14-24-19-5-2-3-6-20(19)25(14)8-4-7-23-22(26)21-17-10-15-9-16(12-17)13-18(21)11-15/h2-3,5-6,15-18,21H,4,7-13H2,1H3,(H,23,26). The van der Waals surface area contributed by atoms with Crippen LogP contribution in [0.15, 0.2) is 24.3 Å². The van der Waals surface area contributed by atoms with Gasteiger partial charge in [-0.1, -0.05) is 12.1 Å². The Labute approximate surface area is 155 Å². The predicted molar refractivity (Wildman–Crippen MR) is 103 cm³/mol. The zero-order valence-electron chi connectivity index (χ0n) is 15.7. The smallest absolute Gasteiger partial charge is 0.223 e. The van der Waals surface area contributed by atoms with Crippen molar-refractivity contribution < 1.29 is 4.79 Å². The average molecular weight is 351 g/mol. The molecule has 4 nitrogen and oxygen atoms in total. The molecule has 138 valence electrons. The Kier molecular flexibility index (Phi) is 4.02. The number of amides is 1. The summed E-state index contributed by atoms with van der Waals surface area (Å²) in [6.07, 6.45) is 7.65. The minimum absolute atomic E-state index is 0.304. The van der Waals surface area contributed by atoms with Gasteiger partial charge >= 0.3 is 0 Å². The van der Waals surface area contributed by atoms with Crippen molar-refractivity contribution in [2.45, 2.75) is 52.0 Å². The molecule has 1 N–H and O–H groups in total. The van der Waals surface area contributed by atoms with Gasteiger partial charge in [-0.15, -0.1) is 0 Å². The monoisotopic (exact) mass is 351 g/mol. The van der Waals surface area contributed by atoms with Gasteiger partial charge in [-0.2, -0.15) is 0 Å². The van der Waals surface area contributed by atoms with E-state index in [1.54, 1.807) is 0 Å². The molecule has 4 bridgehead atoms. The Morgan fingerprint density at radius 1 is 1.12 bits per heavy atom. The first-order valence-corrected chi connectivity index (χ1v) is 10.4. The van der Waals surface area contributed by atoms with Crippen molar-refractivity contribution in [3.63, 3.8) is 0 Å². The number of aromatic nitrogens is 2. The third-order valence-corrected chi connectivity index (χ3v) is 7.23. The van der Waals surface area contributed by atoms with Crippen molar-refractivity contribution in [1.82, 2.24) is 14.9 Å². The van der Waals surface area contributed by atoms with Crippen LogP contribution in [0.25, 0.3) is 11.0 Å². The molecule has 0 spiro atoms. The number of nitrogens with zero attached hydrogens (tertiary/aromatic N) is 2. The zero-order valence-corrected chi connectivity index (χ0v) is 15.7. The SMILES string of the molecule is Cc1nc2ccccc2n1CCCNC(=O)C1C2CC3CC(C2)CC1C3. The van der Waals surface area contributed by atoms with Crippen LogP contribution in [-0.4, -0.2) is 22.0 Å². The van der Waals surface area contributed by atoms with E-state index in [1.807, 2.05) is 6.07 Å². The maximum atomic E-state index is 12.8. The van der Waals surface area contributed by atoms with Crippen LogP contribution in [-0.2, 0) is 11.3 Å². The van der Waals surface area contributed by atoms with Crippen molar-refractivity contribution in [2.75, 3.05) is 6.54 Å². The van der Waals surface area contributed by atoms with Crippen molar-refractivity contribution >= 4 is 16.9 Å². The van der Waals surface area contributed by atoms with Gasteiger partial charge < -0.3 is 9.88 Å². The highest BCUT2D eigenvalue weighted by Crippen LogP contribution is 2.56. The summed E-state index contributed by atoms with van der Waals surface area (Å²) in [5.74, 6) is 4.90. The minimum atomic E-state index is 0.304. The first-order valence-electron chi connectivity index (χ1n) is 10.4. The lowest BCUT2D eigenvalue weighted by Gasteiger charge is -2.53. The normalized spacial score (nSPS) is 32.3. The number of benzene rings is 1. The highest BCUT2D eigenvalue weighted by atomic mass is 16.1. The second-order valence-electron chi connectivity index (χ2n) is 8.90. The first-order chi connectivity index (χ1) is 12.7. The summed E-state index contributed by atoms with van der Waals surface area (Å²) < 4.78 is 2.27. The number of aryl methyl sites for hydroxylation is 2. The van der Waals surface area contributed by atoms with E-state index in [0.29, 0.717) is 23.7 Å². The zero-order chi connectivity index (χ0) is 17.7. The fourth-order valence-electron chi connectivity index (χ4n) is 6.40. The Balaban J connectivity index is 1.17. The van der Waals surface area contributed by atoms with Crippen molar-refractivity contribution in [1.29, 1.82) is 0 Å². The molecule has 4 fully saturated rings. The van der Waals surface area contributed by atoms with Crippen LogP contribution in [0, 0.1) is 36.5 Å². The van der Waals surface area contributed by atoms with E-state index in [9.17, 15) is 4.79 Å². The van der Waals surface area contributed by atoms with Gasteiger partial charge in [0.25, 0.3) is 0 Å². The molecule has 4 aliphatic carbocycles. The van der Waals surface area contributed by atoms with Gasteiger partial charge in [0.2, 0.25) is 5.91 Å². The molecule has 1 aromatic carbocycles. The van der Waals surface area contributed by atoms with Gasteiger partial charge in [0.1, 0.15) is 5.82 Å².